The molecule has 0 N–H and O–H groups in total. The molecule has 6 saturated carbocycles. The monoisotopic (exact) mass is 779 g/mol. The van der Waals surface area contributed by atoms with E-state index in [0.29, 0.717) is 104 Å². The molecule has 0 heterocycles. The van der Waals surface area contributed by atoms with E-state index in [2.05, 4.69) is 13.5 Å². The van der Waals surface area contributed by atoms with Crippen LogP contribution in [0.1, 0.15) is 135 Å². The third kappa shape index (κ3) is 14.2. The molecule has 0 aromatic rings. The number of ether oxygens (including phenoxy) is 10. The highest BCUT2D eigenvalue weighted by Gasteiger charge is 2.42. The zero-order valence-corrected chi connectivity index (χ0v) is 34.7. The molecule has 0 aliphatic heterocycles. The van der Waals surface area contributed by atoms with Crippen molar-refractivity contribution in [3.63, 3.8) is 0 Å². The molecule has 10 nitrogen and oxygen atoms in total. The molecule has 0 radical (unpaired) electrons. The number of unbranched alkanes of at least 4 members (excludes halogenated alkanes) is 1. The Balaban J connectivity index is 1.16. The van der Waals surface area contributed by atoms with Gasteiger partial charge in [-0.3, -0.25) is 0 Å². The van der Waals surface area contributed by atoms with E-state index >= 15 is 0 Å². The minimum absolute atomic E-state index is 0.285. The predicted octanol–water partition coefficient (Wildman–Crippen LogP) is 8.37. The third-order valence-corrected chi connectivity index (χ3v) is 13.3. The average Bonchev–Trinajstić information content (AvgIpc) is 3.05. The van der Waals surface area contributed by atoms with Crippen LogP contribution in [0.3, 0.4) is 0 Å². The standard InChI is InChI=1S/C45H78O10/c1-3-5-24-47-26-44(33-52-39-16-8-17-39,34-53-40-18-9-19-40)28-49-30-45(35-54-41-20-10-21-41,36-55-42-22-11-23-42)29-48-27-43(25-46-4-2,31-50-37-12-6-13-37)32-51-38-14-7-15-38/h4,37-42H,2-3,5-36H2,1H3. The Hall–Kier alpha value is -0.820. The average molecular weight is 779 g/mol. The van der Waals surface area contributed by atoms with Crippen LogP contribution in [0.2, 0.25) is 0 Å². The second-order valence-electron chi connectivity index (χ2n) is 18.6. The molecule has 0 aromatic carbocycles. The van der Waals surface area contributed by atoms with Crippen LogP contribution in [0.5, 0.6) is 0 Å². The Kier molecular flexibility index (Phi) is 18.4. The van der Waals surface area contributed by atoms with Crippen LogP contribution >= 0.6 is 0 Å². The van der Waals surface area contributed by atoms with Crippen LogP contribution in [0.4, 0.5) is 0 Å². The lowest BCUT2D eigenvalue weighted by molar-refractivity contribution is -0.183. The lowest BCUT2D eigenvalue weighted by Gasteiger charge is -2.42. The minimum Gasteiger partial charge on any atom is -0.501 e. The Morgan fingerprint density at radius 1 is 0.400 bits per heavy atom. The van der Waals surface area contributed by atoms with Gasteiger partial charge in [-0.2, -0.15) is 0 Å². The summed E-state index contributed by atoms with van der Waals surface area (Å²) in [4.78, 5) is 0. The molecule has 6 fully saturated rings. The smallest absolute Gasteiger partial charge is 0.0995 e. The highest BCUT2D eigenvalue weighted by atomic mass is 16.5. The van der Waals surface area contributed by atoms with Crippen molar-refractivity contribution in [1.29, 1.82) is 0 Å². The molecule has 55 heavy (non-hydrogen) atoms. The molecule has 0 atom stereocenters. The summed E-state index contributed by atoms with van der Waals surface area (Å²) in [6, 6.07) is 0. The summed E-state index contributed by atoms with van der Waals surface area (Å²) in [7, 11) is 0. The van der Waals surface area contributed by atoms with E-state index in [4.69, 9.17) is 47.4 Å². The second kappa shape index (κ2) is 23.1. The SMILES string of the molecule is C=COCC(COCC(COCC(COCCCC)(COC1CCC1)COC1CCC1)(COC1CCC1)COC1CCC1)(COC1CCC1)COC1CCC1. The summed E-state index contributed by atoms with van der Waals surface area (Å²) < 4.78 is 65.5. The molecule has 0 spiro atoms. The van der Waals surface area contributed by atoms with E-state index < -0.39 is 16.2 Å². The van der Waals surface area contributed by atoms with Gasteiger partial charge in [-0.25, -0.2) is 0 Å². The van der Waals surface area contributed by atoms with Crippen molar-refractivity contribution in [2.24, 2.45) is 16.2 Å². The molecule has 6 aliphatic carbocycles. The van der Waals surface area contributed by atoms with Gasteiger partial charge in [-0.05, 0) is 122 Å². The quantitative estimate of drug-likeness (QED) is 0.0469. The summed E-state index contributed by atoms with van der Waals surface area (Å²) in [5.41, 5.74) is -1.36. The molecule has 0 amide bonds. The molecule has 6 aliphatic rings. The summed E-state index contributed by atoms with van der Waals surface area (Å²) >= 11 is 0. The van der Waals surface area contributed by atoms with Crippen molar-refractivity contribution in [1.82, 2.24) is 0 Å². The lowest BCUT2D eigenvalue weighted by atomic mass is 9.87. The van der Waals surface area contributed by atoms with Crippen LogP contribution in [0, 0.1) is 16.2 Å². The zero-order valence-electron chi connectivity index (χ0n) is 34.7. The van der Waals surface area contributed by atoms with Gasteiger partial charge in [0.25, 0.3) is 0 Å². The van der Waals surface area contributed by atoms with Crippen LogP contribution in [-0.4, -0.2) is 123 Å². The molecular weight excluding hydrogens is 700 g/mol. The summed E-state index contributed by atoms with van der Waals surface area (Å²) in [6.45, 7) is 12.8. The first-order chi connectivity index (χ1) is 27.0. The molecule has 0 aromatic heterocycles. The summed E-state index contributed by atoms with van der Waals surface area (Å²) in [6.07, 6.45) is 26.3. The Morgan fingerprint density at radius 3 is 0.909 bits per heavy atom. The van der Waals surface area contributed by atoms with Gasteiger partial charge in [0.05, 0.1) is 138 Å². The molecular formula is C45H78O10. The Morgan fingerprint density at radius 2 is 0.673 bits per heavy atom. The van der Waals surface area contributed by atoms with Gasteiger partial charge in [0, 0.05) is 6.61 Å². The van der Waals surface area contributed by atoms with Gasteiger partial charge >= 0.3 is 0 Å². The fourth-order valence-electron chi connectivity index (χ4n) is 7.48. The maximum absolute atomic E-state index is 6.94. The number of hydrogen-bond acceptors (Lipinski definition) is 10. The number of hydrogen-bond donors (Lipinski definition) is 0. The highest BCUT2D eigenvalue weighted by Crippen LogP contribution is 2.35. The predicted molar refractivity (Wildman–Crippen MR) is 212 cm³/mol. The largest absolute Gasteiger partial charge is 0.501 e. The van der Waals surface area contributed by atoms with Crippen molar-refractivity contribution in [2.45, 2.75) is 172 Å². The van der Waals surface area contributed by atoms with E-state index in [-0.39, 0.29) is 12.2 Å². The van der Waals surface area contributed by atoms with Gasteiger partial charge in [0.2, 0.25) is 0 Å². The maximum atomic E-state index is 6.94. The zero-order chi connectivity index (χ0) is 38.1. The van der Waals surface area contributed by atoms with Crippen LogP contribution in [-0.2, 0) is 47.4 Å². The Bertz CT molecular complexity index is 994. The van der Waals surface area contributed by atoms with Crippen molar-refractivity contribution in [3.05, 3.63) is 12.8 Å². The van der Waals surface area contributed by atoms with Crippen molar-refractivity contribution < 1.29 is 47.4 Å². The van der Waals surface area contributed by atoms with Crippen LogP contribution < -0.4 is 0 Å². The minimum atomic E-state index is -0.502. The molecule has 6 rings (SSSR count). The van der Waals surface area contributed by atoms with E-state index in [1.807, 2.05) is 0 Å². The van der Waals surface area contributed by atoms with E-state index in [1.54, 1.807) is 0 Å². The molecule has 0 bridgehead atoms. The van der Waals surface area contributed by atoms with Crippen molar-refractivity contribution >= 4 is 0 Å². The fraction of sp³-hybridized carbons (Fsp3) is 0.956. The first kappa shape index (κ1) is 43.8. The van der Waals surface area contributed by atoms with Gasteiger partial charge in [-0.15, -0.1) is 0 Å². The molecule has 318 valence electrons. The molecule has 0 saturated heterocycles. The van der Waals surface area contributed by atoms with E-state index in [0.717, 1.165) is 96.5 Å². The van der Waals surface area contributed by atoms with E-state index in [9.17, 15) is 0 Å². The van der Waals surface area contributed by atoms with E-state index in [1.165, 1.54) is 44.8 Å². The maximum Gasteiger partial charge on any atom is 0.0995 e. The van der Waals surface area contributed by atoms with Gasteiger partial charge < -0.3 is 47.4 Å². The van der Waals surface area contributed by atoms with Gasteiger partial charge in [0.1, 0.15) is 0 Å². The summed E-state index contributed by atoms with van der Waals surface area (Å²) in [5, 5.41) is 0. The lowest BCUT2D eigenvalue weighted by Crippen LogP contribution is -2.49. The second-order valence-corrected chi connectivity index (χ2v) is 18.6. The molecule has 10 heteroatoms. The highest BCUT2D eigenvalue weighted by molar-refractivity contribution is 4.88. The Labute approximate surface area is 333 Å². The number of rotatable bonds is 34. The van der Waals surface area contributed by atoms with Crippen molar-refractivity contribution in [3.8, 4) is 0 Å². The molecule has 0 unspecified atom stereocenters. The summed E-state index contributed by atoms with van der Waals surface area (Å²) in [5.74, 6) is 0. The first-order valence-corrected chi connectivity index (χ1v) is 22.7. The van der Waals surface area contributed by atoms with Crippen LogP contribution in [0.25, 0.3) is 0 Å². The third-order valence-electron chi connectivity index (χ3n) is 13.3. The van der Waals surface area contributed by atoms with Gasteiger partial charge in [-0.1, -0.05) is 19.9 Å². The first-order valence-electron chi connectivity index (χ1n) is 22.7. The van der Waals surface area contributed by atoms with Gasteiger partial charge in [0.15, 0.2) is 0 Å². The topological polar surface area (TPSA) is 92.3 Å². The fourth-order valence-corrected chi connectivity index (χ4v) is 7.48. The normalized spacial score (nSPS) is 22.0. The van der Waals surface area contributed by atoms with Crippen LogP contribution in [0.15, 0.2) is 12.8 Å². The van der Waals surface area contributed by atoms with Crippen molar-refractivity contribution in [2.75, 3.05) is 85.9 Å².